The first-order valence-corrected chi connectivity index (χ1v) is 15.5. The van der Waals surface area contributed by atoms with Gasteiger partial charge in [0.1, 0.15) is 0 Å². The van der Waals surface area contributed by atoms with Crippen molar-refractivity contribution in [2.45, 2.75) is 103 Å². The summed E-state index contributed by atoms with van der Waals surface area (Å²) in [5.41, 5.74) is 0. The molecule has 0 amide bonds. The lowest BCUT2D eigenvalue weighted by atomic mass is 10.0. The summed E-state index contributed by atoms with van der Waals surface area (Å²) >= 11 is 0. The monoisotopic (exact) mass is 408 g/mol. The zero-order valence-electron chi connectivity index (χ0n) is 15.9. The molecule has 1 fully saturated rings. The molecule has 0 N–H and O–H groups in total. The van der Waals surface area contributed by atoms with E-state index in [9.17, 15) is 0 Å². The molecule has 0 aromatic carbocycles. The van der Waals surface area contributed by atoms with Gasteiger partial charge in [0, 0.05) is 0 Å². The Kier molecular flexibility index (Phi) is 17.5. The molecule has 0 aliphatic carbocycles. The van der Waals surface area contributed by atoms with Gasteiger partial charge in [0.2, 0.25) is 0 Å². The van der Waals surface area contributed by atoms with Crippen molar-refractivity contribution in [2.24, 2.45) is 0 Å². The van der Waals surface area contributed by atoms with Crippen molar-refractivity contribution < 1.29 is 16.5 Å². The molecule has 0 aromatic rings. The van der Waals surface area contributed by atoms with Crippen LogP contribution in [0.25, 0.3) is 0 Å². The second kappa shape index (κ2) is 18.5. The number of unbranched alkanes of at least 4 members (excludes halogenated alkanes) is 13. The Bertz CT molecular complexity index is 254. The van der Waals surface area contributed by atoms with Crippen LogP contribution in [0.2, 0.25) is 6.04 Å². The average molecular weight is 409 g/mol. The van der Waals surface area contributed by atoms with E-state index in [1.165, 1.54) is 89.9 Å². The molecule has 0 aromatic heterocycles. The topological polar surface area (TPSA) is 36.9 Å². The first-order chi connectivity index (χ1) is 11.9. The van der Waals surface area contributed by atoms with Crippen LogP contribution in [0, 0.1) is 0 Å². The van der Waals surface area contributed by atoms with Crippen LogP contribution in [0.4, 0.5) is 0 Å². The molecule has 1 aliphatic heterocycles. The molecular weight excluding hydrogens is 369 g/mol. The van der Waals surface area contributed by atoms with Gasteiger partial charge in [0.05, 0.1) is 0 Å². The molecule has 24 heavy (non-hydrogen) atoms. The van der Waals surface area contributed by atoms with Gasteiger partial charge in [-0.25, -0.2) is 0 Å². The fraction of sp³-hybridized carbons (Fsp3) is 1.00. The van der Waals surface area contributed by atoms with Crippen LogP contribution in [-0.2, 0) is 16.5 Å². The third kappa shape index (κ3) is 15.0. The minimum atomic E-state index is -1.39. The van der Waals surface area contributed by atoms with Crippen molar-refractivity contribution in [1.82, 2.24) is 0 Å². The van der Waals surface area contributed by atoms with Gasteiger partial charge in [-0.1, -0.05) is 96.8 Å². The Morgan fingerprint density at radius 3 is 1.42 bits per heavy atom. The summed E-state index contributed by atoms with van der Waals surface area (Å²) in [5.74, 6) is 0. The summed E-state index contributed by atoms with van der Waals surface area (Å²) in [6.45, 7) is 2.29. The maximum Gasteiger partial charge on any atom is 0.303 e. The van der Waals surface area contributed by atoms with Crippen LogP contribution < -0.4 is 0 Å². The van der Waals surface area contributed by atoms with Crippen molar-refractivity contribution in [3.05, 3.63) is 0 Å². The predicted molar refractivity (Wildman–Crippen MR) is 112 cm³/mol. The molecule has 0 unspecified atom stereocenters. The van der Waals surface area contributed by atoms with E-state index in [1.54, 1.807) is 0 Å². The van der Waals surface area contributed by atoms with E-state index in [2.05, 4.69) is 6.92 Å². The van der Waals surface area contributed by atoms with Crippen LogP contribution >= 0.6 is 0 Å². The fourth-order valence-electron chi connectivity index (χ4n) is 3.10. The first kappa shape index (κ1) is 22.7. The molecule has 144 valence electrons. The molecule has 0 bridgehead atoms. The summed E-state index contributed by atoms with van der Waals surface area (Å²) in [7, 11) is -3.65. The smallest absolute Gasteiger partial charge is 0.303 e. The fourth-order valence-corrected chi connectivity index (χ4v) is 12.1. The van der Waals surface area contributed by atoms with Gasteiger partial charge < -0.3 is 16.5 Å². The van der Waals surface area contributed by atoms with E-state index in [4.69, 9.17) is 16.5 Å². The number of hydrogen-bond donors (Lipinski definition) is 0. The zero-order chi connectivity index (χ0) is 17.1. The summed E-state index contributed by atoms with van der Waals surface area (Å²) in [6, 6.07) is 1.16. The van der Waals surface area contributed by atoms with Crippen LogP contribution in [0.5, 0.6) is 0 Å². The SMILES string of the molecule is CCCCCCCCCCCCCCCC[SiH]1O[SiH2]O[SiH2]O[SiH2]O1. The maximum atomic E-state index is 5.82. The summed E-state index contributed by atoms with van der Waals surface area (Å²) in [4.78, 5) is 0. The van der Waals surface area contributed by atoms with Crippen LogP contribution in [-0.4, -0.2) is 39.3 Å². The van der Waals surface area contributed by atoms with E-state index in [0.29, 0.717) is 0 Å². The van der Waals surface area contributed by atoms with Crippen molar-refractivity contribution in [2.75, 3.05) is 0 Å². The van der Waals surface area contributed by atoms with Gasteiger partial charge in [0.15, 0.2) is 0 Å². The molecule has 0 atom stereocenters. The largest absolute Gasteiger partial charge is 0.425 e. The quantitative estimate of drug-likeness (QED) is 0.308. The van der Waals surface area contributed by atoms with E-state index >= 15 is 0 Å². The lowest BCUT2D eigenvalue weighted by molar-refractivity contribution is 0.327. The lowest BCUT2D eigenvalue weighted by Crippen LogP contribution is -2.33. The lowest BCUT2D eigenvalue weighted by Gasteiger charge is -2.20. The van der Waals surface area contributed by atoms with Crippen LogP contribution in [0.3, 0.4) is 0 Å². The average Bonchev–Trinajstić information content (AvgIpc) is 2.56. The molecule has 1 aliphatic rings. The van der Waals surface area contributed by atoms with Gasteiger partial charge >= 0.3 is 9.28 Å². The van der Waals surface area contributed by atoms with Crippen LogP contribution in [0.15, 0.2) is 0 Å². The van der Waals surface area contributed by atoms with Crippen LogP contribution in [0.1, 0.15) is 96.8 Å². The molecule has 0 radical (unpaired) electrons. The van der Waals surface area contributed by atoms with Gasteiger partial charge in [-0.3, -0.25) is 0 Å². The second-order valence-electron chi connectivity index (χ2n) is 6.91. The Hall–Kier alpha value is 0.708. The Morgan fingerprint density at radius 1 is 0.542 bits per heavy atom. The summed E-state index contributed by atoms with van der Waals surface area (Å²) < 4.78 is 22.5. The van der Waals surface area contributed by atoms with Gasteiger partial charge in [-0.2, -0.15) is 0 Å². The Labute approximate surface area is 158 Å². The second-order valence-corrected chi connectivity index (χ2v) is 15.0. The molecule has 1 heterocycles. The Morgan fingerprint density at radius 2 is 0.958 bits per heavy atom. The van der Waals surface area contributed by atoms with Gasteiger partial charge in [0.25, 0.3) is 30.0 Å². The highest BCUT2D eigenvalue weighted by molar-refractivity contribution is 6.59. The normalized spacial score (nSPS) is 22.1. The highest BCUT2D eigenvalue weighted by Gasteiger charge is 2.15. The van der Waals surface area contributed by atoms with Gasteiger partial charge in [-0.05, 0) is 6.04 Å². The summed E-state index contributed by atoms with van der Waals surface area (Å²) in [6.07, 6.45) is 19.8. The highest BCUT2D eigenvalue weighted by Crippen LogP contribution is 2.14. The third-order valence-electron chi connectivity index (χ3n) is 4.63. The Balaban J connectivity index is 1.74. The third-order valence-corrected chi connectivity index (χ3v) is 12.2. The van der Waals surface area contributed by atoms with Gasteiger partial charge in [-0.15, -0.1) is 0 Å². The minimum Gasteiger partial charge on any atom is -0.425 e. The molecule has 4 nitrogen and oxygen atoms in total. The molecule has 1 saturated heterocycles. The van der Waals surface area contributed by atoms with E-state index in [1.807, 2.05) is 0 Å². The molecule has 0 spiro atoms. The van der Waals surface area contributed by atoms with Crippen molar-refractivity contribution in [3.8, 4) is 0 Å². The number of rotatable bonds is 15. The maximum absolute atomic E-state index is 5.82. The standard InChI is InChI=1S/C16H40O4Si4/c1-2-3-4-5-6-7-8-9-10-11-12-13-14-15-16-24-19-22-17-21-18-23-20-24/h24H,2-16,21-23H2,1H3. The zero-order valence-corrected chi connectivity index (χ0v) is 21.3. The van der Waals surface area contributed by atoms with Crippen molar-refractivity contribution >= 4 is 39.3 Å². The summed E-state index contributed by atoms with van der Waals surface area (Å²) in [5, 5.41) is 0. The number of hydrogen-bond acceptors (Lipinski definition) is 4. The molecule has 8 heteroatoms. The molecule has 0 saturated carbocycles. The van der Waals surface area contributed by atoms with E-state index in [-0.39, 0.29) is 0 Å². The first-order valence-electron chi connectivity index (χ1n) is 10.3. The van der Waals surface area contributed by atoms with Crippen molar-refractivity contribution in [1.29, 1.82) is 0 Å². The highest BCUT2D eigenvalue weighted by atomic mass is 28.4. The van der Waals surface area contributed by atoms with E-state index < -0.39 is 39.3 Å². The molecular formula is C16H40O4Si4. The molecule has 1 rings (SSSR count). The minimum absolute atomic E-state index is 0.722. The predicted octanol–water partition coefficient (Wildman–Crippen LogP) is 2.76. The van der Waals surface area contributed by atoms with E-state index in [0.717, 1.165) is 6.04 Å². The van der Waals surface area contributed by atoms with Crippen molar-refractivity contribution in [3.63, 3.8) is 0 Å².